The Morgan fingerprint density at radius 3 is 2.54 bits per heavy atom. The Kier molecular flexibility index (Phi) is 4.92. The fourth-order valence-electron chi connectivity index (χ4n) is 2.72. The Balaban J connectivity index is 1.65. The molecule has 0 aliphatic carbocycles. The van der Waals surface area contributed by atoms with Crippen LogP contribution in [0.3, 0.4) is 0 Å². The van der Waals surface area contributed by atoms with Crippen molar-refractivity contribution in [3.05, 3.63) is 36.0 Å². The molecule has 0 unspecified atom stereocenters. The summed E-state index contributed by atoms with van der Waals surface area (Å²) in [5, 5.41) is 12.4. The number of hydrogen-bond acceptors (Lipinski definition) is 5. The van der Waals surface area contributed by atoms with Crippen molar-refractivity contribution in [1.29, 1.82) is 0 Å². The first-order valence-corrected chi connectivity index (χ1v) is 8.63. The van der Waals surface area contributed by atoms with E-state index < -0.39 is 5.97 Å². The molecule has 1 saturated heterocycles. The molecular formula is C17H19N3O3S. The largest absolute Gasteiger partial charge is 0.478 e. The van der Waals surface area contributed by atoms with Crippen LogP contribution in [-0.2, 0) is 4.79 Å². The highest BCUT2D eigenvalue weighted by atomic mass is 32.1. The number of carboxylic acid groups (broad SMARTS) is 1. The van der Waals surface area contributed by atoms with E-state index in [-0.39, 0.29) is 17.4 Å². The summed E-state index contributed by atoms with van der Waals surface area (Å²) in [6, 6.07) is 6.63. The third kappa shape index (κ3) is 3.80. The number of thiazole rings is 1. The summed E-state index contributed by atoms with van der Waals surface area (Å²) in [5.41, 5.74) is 1.14. The zero-order valence-corrected chi connectivity index (χ0v) is 14.2. The van der Waals surface area contributed by atoms with Crippen LogP contribution in [0.15, 0.2) is 30.5 Å². The number of amides is 1. The molecule has 2 N–H and O–H groups in total. The van der Waals surface area contributed by atoms with Crippen LogP contribution in [0.25, 0.3) is 10.4 Å². The van der Waals surface area contributed by atoms with Crippen molar-refractivity contribution >= 4 is 28.3 Å². The van der Waals surface area contributed by atoms with Gasteiger partial charge in [-0.3, -0.25) is 4.79 Å². The van der Waals surface area contributed by atoms with Gasteiger partial charge in [-0.25, -0.2) is 9.78 Å². The maximum Gasteiger partial charge on any atom is 0.335 e. The number of aromatic nitrogens is 1. The van der Waals surface area contributed by atoms with Crippen molar-refractivity contribution in [3.8, 4) is 10.4 Å². The van der Waals surface area contributed by atoms with E-state index in [0.717, 1.165) is 36.4 Å². The predicted octanol–water partition coefficient (Wildman–Crippen LogP) is 2.79. The topological polar surface area (TPSA) is 82.5 Å². The number of nitrogens with zero attached hydrogens (tertiary/aromatic N) is 2. The van der Waals surface area contributed by atoms with Gasteiger partial charge in [-0.15, -0.1) is 0 Å². The Bertz CT molecular complexity index is 734. The smallest absolute Gasteiger partial charge is 0.335 e. The number of piperidine rings is 1. The molecule has 1 amide bonds. The van der Waals surface area contributed by atoms with Crippen LogP contribution in [-0.4, -0.2) is 47.0 Å². The Morgan fingerprint density at radius 1 is 1.25 bits per heavy atom. The average Bonchev–Trinajstić information content (AvgIpc) is 3.04. The lowest BCUT2D eigenvalue weighted by Crippen LogP contribution is -2.35. The minimum Gasteiger partial charge on any atom is -0.478 e. The number of carbonyl (C=O) groups excluding carboxylic acids is 1. The molecule has 0 bridgehead atoms. The second-order valence-corrected chi connectivity index (χ2v) is 7.01. The maximum atomic E-state index is 12.3. The van der Waals surface area contributed by atoms with E-state index in [1.807, 2.05) is 0 Å². The van der Waals surface area contributed by atoms with Crippen LogP contribution in [0, 0.1) is 5.92 Å². The molecule has 24 heavy (non-hydrogen) atoms. The van der Waals surface area contributed by atoms with Crippen LogP contribution in [0.1, 0.15) is 23.2 Å². The molecule has 1 aliphatic rings. The van der Waals surface area contributed by atoms with Gasteiger partial charge in [0.2, 0.25) is 5.91 Å². The molecule has 1 aliphatic heterocycles. The lowest BCUT2D eigenvalue weighted by Gasteiger charge is -2.27. The van der Waals surface area contributed by atoms with Crippen molar-refractivity contribution in [2.24, 2.45) is 5.92 Å². The fourth-order valence-corrected chi connectivity index (χ4v) is 3.55. The highest BCUT2D eigenvalue weighted by molar-refractivity contribution is 7.19. The van der Waals surface area contributed by atoms with Gasteiger partial charge in [-0.1, -0.05) is 23.5 Å². The van der Waals surface area contributed by atoms with Gasteiger partial charge >= 0.3 is 5.97 Å². The van der Waals surface area contributed by atoms with Crippen molar-refractivity contribution in [2.45, 2.75) is 12.8 Å². The summed E-state index contributed by atoms with van der Waals surface area (Å²) in [7, 11) is 2.07. The number of anilines is 1. The number of nitrogens with one attached hydrogen (secondary N) is 1. The molecule has 1 aromatic heterocycles. The number of rotatable bonds is 4. The van der Waals surface area contributed by atoms with Crippen LogP contribution in [0.5, 0.6) is 0 Å². The molecule has 0 atom stereocenters. The molecule has 1 aromatic carbocycles. The molecule has 2 heterocycles. The van der Waals surface area contributed by atoms with E-state index in [1.165, 1.54) is 11.3 Å². The van der Waals surface area contributed by atoms with Crippen molar-refractivity contribution in [1.82, 2.24) is 9.88 Å². The highest BCUT2D eigenvalue weighted by Crippen LogP contribution is 2.30. The normalized spacial score (nSPS) is 16.0. The van der Waals surface area contributed by atoms with Gasteiger partial charge in [0.05, 0.1) is 10.4 Å². The van der Waals surface area contributed by atoms with E-state index >= 15 is 0 Å². The van der Waals surface area contributed by atoms with Crippen LogP contribution in [0.4, 0.5) is 5.13 Å². The molecule has 0 spiro atoms. The summed E-state index contributed by atoms with van der Waals surface area (Å²) < 4.78 is 0. The Labute approximate surface area is 144 Å². The third-order valence-corrected chi connectivity index (χ3v) is 5.20. The number of benzene rings is 1. The summed E-state index contributed by atoms with van der Waals surface area (Å²) >= 11 is 1.39. The van der Waals surface area contributed by atoms with Gasteiger partial charge in [0.1, 0.15) is 0 Å². The van der Waals surface area contributed by atoms with Crippen LogP contribution >= 0.6 is 11.3 Å². The van der Waals surface area contributed by atoms with E-state index in [1.54, 1.807) is 30.5 Å². The predicted molar refractivity (Wildman–Crippen MR) is 93.4 cm³/mol. The lowest BCUT2D eigenvalue weighted by molar-refractivity contribution is -0.121. The molecule has 0 radical (unpaired) electrons. The van der Waals surface area contributed by atoms with Crippen molar-refractivity contribution in [2.75, 3.05) is 25.5 Å². The number of likely N-dealkylation sites (tertiary alicyclic amines) is 1. The lowest BCUT2D eigenvalue weighted by atomic mass is 9.96. The number of carboxylic acids is 1. The average molecular weight is 345 g/mol. The van der Waals surface area contributed by atoms with Crippen molar-refractivity contribution < 1.29 is 14.7 Å². The second-order valence-electron chi connectivity index (χ2n) is 5.98. The van der Waals surface area contributed by atoms with Gasteiger partial charge in [0.25, 0.3) is 0 Å². The number of aromatic carboxylic acids is 1. The first-order chi connectivity index (χ1) is 11.5. The molecule has 0 saturated carbocycles. The van der Waals surface area contributed by atoms with Crippen molar-refractivity contribution in [3.63, 3.8) is 0 Å². The molecule has 2 aromatic rings. The monoisotopic (exact) mass is 345 g/mol. The maximum absolute atomic E-state index is 12.3. The summed E-state index contributed by atoms with van der Waals surface area (Å²) in [5.74, 6) is -0.870. The first-order valence-electron chi connectivity index (χ1n) is 7.82. The number of carbonyl (C=O) groups is 2. The van der Waals surface area contributed by atoms with E-state index in [0.29, 0.717) is 5.13 Å². The minimum atomic E-state index is -0.947. The zero-order valence-electron chi connectivity index (χ0n) is 13.4. The Hall–Kier alpha value is -2.25. The SMILES string of the molecule is CN1CCC(C(=O)Nc2ncc(-c3ccc(C(=O)O)cc3)s2)CC1. The second kappa shape index (κ2) is 7.11. The van der Waals surface area contributed by atoms with Gasteiger partial charge in [-0.2, -0.15) is 0 Å². The number of hydrogen-bond donors (Lipinski definition) is 2. The highest BCUT2D eigenvalue weighted by Gasteiger charge is 2.24. The summed E-state index contributed by atoms with van der Waals surface area (Å²) in [6.07, 6.45) is 3.44. The molecular weight excluding hydrogens is 326 g/mol. The van der Waals surface area contributed by atoms with Crippen LogP contribution in [0.2, 0.25) is 0 Å². The standard InChI is InChI=1S/C17H19N3O3S/c1-20-8-6-12(7-9-20)15(21)19-17-18-10-14(24-17)11-2-4-13(5-3-11)16(22)23/h2-5,10,12H,6-9H2,1H3,(H,22,23)(H,18,19,21). The van der Waals surface area contributed by atoms with E-state index in [2.05, 4.69) is 22.2 Å². The zero-order chi connectivity index (χ0) is 17.1. The summed E-state index contributed by atoms with van der Waals surface area (Å²) in [6.45, 7) is 1.88. The molecule has 126 valence electrons. The third-order valence-electron chi connectivity index (χ3n) is 4.24. The summed E-state index contributed by atoms with van der Waals surface area (Å²) in [4.78, 5) is 30.6. The quantitative estimate of drug-likeness (QED) is 0.890. The first kappa shape index (κ1) is 16.6. The minimum absolute atomic E-state index is 0.0326. The molecule has 1 fully saturated rings. The molecule has 7 heteroatoms. The van der Waals surface area contributed by atoms with Gasteiger partial charge < -0.3 is 15.3 Å². The van der Waals surface area contributed by atoms with E-state index in [4.69, 9.17) is 5.11 Å². The van der Waals surface area contributed by atoms with Crippen LogP contribution < -0.4 is 5.32 Å². The Morgan fingerprint density at radius 2 is 1.92 bits per heavy atom. The van der Waals surface area contributed by atoms with Gasteiger partial charge in [-0.05, 0) is 50.7 Å². The van der Waals surface area contributed by atoms with Gasteiger partial charge in [0, 0.05) is 12.1 Å². The fraction of sp³-hybridized carbons (Fsp3) is 0.353. The molecule has 6 nitrogen and oxygen atoms in total. The van der Waals surface area contributed by atoms with E-state index in [9.17, 15) is 9.59 Å². The van der Waals surface area contributed by atoms with Gasteiger partial charge in [0.15, 0.2) is 5.13 Å². The molecule has 3 rings (SSSR count).